The first kappa shape index (κ1) is 23.7. The molecule has 0 saturated heterocycles. The molecule has 6 nitrogen and oxygen atoms in total. The molecule has 1 amide bonds. The maximum absolute atomic E-state index is 13.4. The van der Waals surface area contributed by atoms with Gasteiger partial charge >= 0.3 is 0 Å². The zero-order chi connectivity index (χ0) is 23.3. The number of nitrogens with one attached hydrogen (secondary N) is 1. The van der Waals surface area contributed by atoms with E-state index in [1.54, 1.807) is 36.4 Å². The quantitative estimate of drug-likeness (QED) is 0.366. The molecular formula is C24H24BrN3O3S. The number of nitrogens with zero attached hydrogens (tertiary/aromatic N) is 2. The first-order valence-corrected chi connectivity index (χ1v) is 12.1. The second-order valence-corrected chi connectivity index (χ2v) is 10.1. The molecule has 0 aliphatic rings. The second-order valence-electron chi connectivity index (χ2n) is 7.41. The van der Waals surface area contributed by atoms with E-state index < -0.39 is 22.5 Å². The standard InChI is InChI=1S/C24H24BrN3O3S/c1-17-8-12-22(13-9-17)32(30,31)28(21-11-10-18(2)19(3)14-21)16-24(29)27-26-15-20-6-4-5-7-23(20)25/h4-15H,16H2,1-3H3,(H,27,29)/b26-15-. The van der Waals surface area contributed by atoms with Gasteiger partial charge in [-0.3, -0.25) is 9.10 Å². The summed E-state index contributed by atoms with van der Waals surface area (Å²) in [6.45, 7) is 5.32. The molecule has 0 spiro atoms. The van der Waals surface area contributed by atoms with Crippen LogP contribution in [0, 0.1) is 20.8 Å². The molecule has 0 aromatic heterocycles. The maximum Gasteiger partial charge on any atom is 0.264 e. The van der Waals surface area contributed by atoms with Crippen LogP contribution in [0.25, 0.3) is 0 Å². The molecule has 0 aliphatic heterocycles. The topological polar surface area (TPSA) is 78.8 Å². The van der Waals surface area contributed by atoms with E-state index in [1.807, 2.05) is 51.1 Å². The van der Waals surface area contributed by atoms with E-state index in [2.05, 4.69) is 26.5 Å². The van der Waals surface area contributed by atoms with Crippen LogP contribution in [0.1, 0.15) is 22.3 Å². The van der Waals surface area contributed by atoms with E-state index in [9.17, 15) is 13.2 Å². The number of sulfonamides is 1. The highest BCUT2D eigenvalue weighted by atomic mass is 79.9. The molecule has 32 heavy (non-hydrogen) atoms. The highest BCUT2D eigenvalue weighted by Crippen LogP contribution is 2.26. The summed E-state index contributed by atoms with van der Waals surface area (Å²) in [5, 5.41) is 3.97. The number of halogens is 1. The van der Waals surface area contributed by atoms with Crippen LogP contribution in [0.15, 0.2) is 81.2 Å². The normalized spacial score (nSPS) is 11.5. The molecule has 0 atom stereocenters. The number of carbonyl (C=O) groups excluding carboxylic acids is 1. The van der Waals surface area contributed by atoms with Crippen LogP contribution in [0.5, 0.6) is 0 Å². The smallest absolute Gasteiger partial charge is 0.264 e. The summed E-state index contributed by atoms with van der Waals surface area (Å²) in [6.07, 6.45) is 1.50. The number of aryl methyl sites for hydroxylation is 3. The fraction of sp³-hybridized carbons (Fsp3) is 0.167. The first-order chi connectivity index (χ1) is 15.2. The number of hydrazone groups is 1. The summed E-state index contributed by atoms with van der Waals surface area (Å²) < 4.78 is 28.8. The molecule has 0 radical (unpaired) electrons. The van der Waals surface area contributed by atoms with Crippen molar-refractivity contribution in [2.45, 2.75) is 25.7 Å². The minimum absolute atomic E-state index is 0.117. The van der Waals surface area contributed by atoms with Gasteiger partial charge in [-0.1, -0.05) is 57.9 Å². The van der Waals surface area contributed by atoms with Gasteiger partial charge in [-0.15, -0.1) is 0 Å². The van der Waals surface area contributed by atoms with Crippen LogP contribution in [-0.4, -0.2) is 27.1 Å². The van der Waals surface area contributed by atoms with E-state index in [0.29, 0.717) is 5.69 Å². The highest BCUT2D eigenvalue weighted by Gasteiger charge is 2.27. The van der Waals surface area contributed by atoms with Gasteiger partial charge in [0.25, 0.3) is 15.9 Å². The predicted molar refractivity (Wildman–Crippen MR) is 132 cm³/mol. The van der Waals surface area contributed by atoms with Crippen molar-refractivity contribution in [2.75, 3.05) is 10.8 Å². The van der Waals surface area contributed by atoms with Gasteiger partial charge in [0, 0.05) is 10.0 Å². The molecular weight excluding hydrogens is 490 g/mol. The van der Waals surface area contributed by atoms with E-state index in [4.69, 9.17) is 0 Å². The van der Waals surface area contributed by atoms with Gasteiger partial charge in [-0.25, -0.2) is 13.8 Å². The minimum atomic E-state index is -3.97. The fourth-order valence-electron chi connectivity index (χ4n) is 2.95. The minimum Gasteiger partial charge on any atom is -0.271 e. The average Bonchev–Trinajstić information content (AvgIpc) is 2.75. The Morgan fingerprint density at radius 2 is 1.69 bits per heavy atom. The van der Waals surface area contributed by atoms with E-state index in [0.717, 1.165) is 31.0 Å². The van der Waals surface area contributed by atoms with Gasteiger partial charge in [-0.2, -0.15) is 5.10 Å². The van der Waals surface area contributed by atoms with Crippen LogP contribution in [0.2, 0.25) is 0 Å². The summed E-state index contributed by atoms with van der Waals surface area (Å²) in [4.78, 5) is 12.8. The van der Waals surface area contributed by atoms with Crippen LogP contribution >= 0.6 is 15.9 Å². The van der Waals surface area contributed by atoms with Crippen molar-refractivity contribution in [3.63, 3.8) is 0 Å². The number of carbonyl (C=O) groups is 1. The van der Waals surface area contributed by atoms with Gasteiger partial charge in [0.2, 0.25) is 0 Å². The Labute approximate surface area is 197 Å². The number of hydrogen-bond donors (Lipinski definition) is 1. The Kier molecular flexibility index (Phi) is 7.48. The van der Waals surface area contributed by atoms with E-state index >= 15 is 0 Å². The SMILES string of the molecule is Cc1ccc(S(=O)(=O)N(CC(=O)N/N=C\c2ccccc2Br)c2ccc(C)c(C)c2)cc1. The molecule has 0 aliphatic carbocycles. The maximum atomic E-state index is 13.4. The third kappa shape index (κ3) is 5.63. The average molecular weight is 514 g/mol. The van der Waals surface area contributed by atoms with E-state index in [-0.39, 0.29) is 4.90 Å². The van der Waals surface area contributed by atoms with Crippen LogP contribution in [0.4, 0.5) is 5.69 Å². The largest absolute Gasteiger partial charge is 0.271 e. The summed E-state index contributed by atoms with van der Waals surface area (Å²) in [5.41, 5.74) is 6.53. The molecule has 166 valence electrons. The molecule has 0 bridgehead atoms. The molecule has 3 aromatic rings. The molecule has 0 unspecified atom stereocenters. The van der Waals surface area contributed by atoms with Gasteiger partial charge in [-0.05, 0) is 62.2 Å². The Bertz CT molecular complexity index is 1260. The lowest BCUT2D eigenvalue weighted by atomic mass is 10.1. The lowest BCUT2D eigenvalue weighted by molar-refractivity contribution is -0.119. The van der Waals surface area contributed by atoms with Crippen molar-refractivity contribution >= 4 is 43.8 Å². The molecule has 3 aromatic carbocycles. The van der Waals surface area contributed by atoms with Crippen molar-refractivity contribution in [1.29, 1.82) is 0 Å². The molecule has 0 heterocycles. The molecule has 1 N–H and O–H groups in total. The van der Waals surface area contributed by atoms with E-state index in [1.165, 1.54) is 6.21 Å². The van der Waals surface area contributed by atoms with Gasteiger partial charge in [0.05, 0.1) is 16.8 Å². The zero-order valence-corrected chi connectivity index (χ0v) is 20.4. The summed E-state index contributed by atoms with van der Waals surface area (Å²) in [7, 11) is -3.97. The van der Waals surface area contributed by atoms with Crippen molar-refractivity contribution in [1.82, 2.24) is 5.43 Å². The molecule has 0 fully saturated rings. The third-order valence-electron chi connectivity index (χ3n) is 4.97. The van der Waals surface area contributed by atoms with Gasteiger partial charge in [0.15, 0.2) is 0 Å². The monoisotopic (exact) mass is 513 g/mol. The number of hydrogen-bond acceptors (Lipinski definition) is 4. The van der Waals surface area contributed by atoms with Crippen molar-refractivity contribution in [3.8, 4) is 0 Å². The number of amides is 1. The Morgan fingerprint density at radius 3 is 2.34 bits per heavy atom. The zero-order valence-electron chi connectivity index (χ0n) is 18.0. The summed E-state index contributed by atoms with van der Waals surface area (Å²) in [5.74, 6) is -0.554. The molecule has 8 heteroatoms. The van der Waals surface area contributed by atoms with Crippen molar-refractivity contribution < 1.29 is 13.2 Å². The van der Waals surface area contributed by atoms with Crippen LogP contribution in [0.3, 0.4) is 0 Å². The Balaban J connectivity index is 1.88. The second kappa shape index (κ2) is 10.1. The van der Waals surface area contributed by atoms with Gasteiger partial charge in [0.1, 0.15) is 6.54 Å². The van der Waals surface area contributed by atoms with Crippen molar-refractivity contribution in [3.05, 3.63) is 93.5 Å². The number of rotatable bonds is 7. The summed E-state index contributed by atoms with van der Waals surface area (Å²) >= 11 is 3.41. The van der Waals surface area contributed by atoms with Crippen molar-refractivity contribution in [2.24, 2.45) is 5.10 Å². The van der Waals surface area contributed by atoms with Gasteiger partial charge < -0.3 is 0 Å². The fourth-order valence-corrected chi connectivity index (χ4v) is 4.75. The highest BCUT2D eigenvalue weighted by molar-refractivity contribution is 9.10. The third-order valence-corrected chi connectivity index (χ3v) is 7.48. The molecule has 0 saturated carbocycles. The van der Waals surface area contributed by atoms with Crippen LogP contribution < -0.4 is 9.73 Å². The number of anilines is 1. The Morgan fingerprint density at radius 1 is 1.00 bits per heavy atom. The predicted octanol–water partition coefficient (Wildman–Crippen LogP) is 4.72. The lowest BCUT2D eigenvalue weighted by Gasteiger charge is -2.24. The lowest BCUT2D eigenvalue weighted by Crippen LogP contribution is -2.39. The Hall–Kier alpha value is -2.97. The molecule has 3 rings (SSSR count). The summed E-state index contributed by atoms with van der Waals surface area (Å²) in [6, 6.07) is 19.3. The first-order valence-electron chi connectivity index (χ1n) is 9.91. The number of benzene rings is 3. The van der Waals surface area contributed by atoms with Crippen LogP contribution in [-0.2, 0) is 14.8 Å².